The summed E-state index contributed by atoms with van der Waals surface area (Å²) in [5.74, 6) is 0.0931. The molecule has 4 heteroatoms. The molecule has 60 valence electrons. The van der Waals surface area contributed by atoms with E-state index in [9.17, 15) is 4.79 Å². The van der Waals surface area contributed by atoms with Crippen LogP contribution < -0.4 is 0 Å². The molecule has 0 unspecified atom stereocenters. The zero-order valence-electron chi connectivity index (χ0n) is 6.47. The fraction of sp³-hybridized carbons (Fsp3) is 0.429. The molecule has 0 atom stereocenters. The fourth-order valence-corrected chi connectivity index (χ4v) is 1.10. The largest absolute Gasteiger partial charge is 0.336 e. The number of hydrogen-bond donors (Lipinski definition) is 0. The monoisotopic (exact) mass is 172 g/mol. The number of rotatable bonds is 2. The van der Waals surface area contributed by atoms with Gasteiger partial charge in [0.2, 0.25) is 0 Å². The van der Waals surface area contributed by atoms with Crippen molar-refractivity contribution in [1.29, 1.82) is 0 Å². The molecule has 1 aromatic heterocycles. The van der Waals surface area contributed by atoms with Crippen molar-refractivity contribution in [2.75, 3.05) is 0 Å². The lowest BCUT2D eigenvalue weighted by molar-refractivity contribution is -0.116. The van der Waals surface area contributed by atoms with Gasteiger partial charge in [-0.15, -0.1) is 0 Å². The van der Waals surface area contributed by atoms with Crippen molar-refractivity contribution in [3.63, 3.8) is 0 Å². The normalized spacial score (nSPS) is 10.1. The Labute approximate surface area is 70.0 Å². The molecule has 0 aromatic carbocycles. The number of aryl methyl sites for hydroxylation is 1. The molecule has 1 aromatic rings. The van der Waals surface area contributed by atoms with E-state index in [1.807, 2.05) is 7.05 Å². The summed E-state index contributed by atoms with van der Waals surface area (Å²) in [6, 6.07) is 0. The van der Waals surface area contributed by atoms with Gasteiger partial charge >= 0.3 is 0 Å². The average Bonchev–Trinajstić information content (AvgIpc) is 2.18. The van der Waals surface area contributed by atoms with Gasteiger partial charge in [-0.1, -0.05) is 11.6 Å². The first-order chi connectivity index (χ1) is 5.11. The van der Waals surface area contributed by atoms with Gasteiger partial charge in [-0.2, -0.15) is 0 Å². The van der Waals surface area contributed by atoms with Crippen LogP contribution in [0.25, 0.3) is 0 Å². The van der Waals surface area contributed by atoms with E-state index >= 15 is 0 Å². The molecule has 1 rings (SSSR count). The second-order valence-corrected chi connectivity index (χ2v) is 2.83. The zero-order valence-corrected chi connectivity index (χ0v) is 7.22. The van der Waals surface area contributed by atoms with Crippen LogP contribution in [0, 0.1) is 0 Å². The molecule has 3 nitrogen and oxygen atoms in total. The van der Waals surface area contributed by atoms with E-state index in [1.165, 1.54) is 6.92 Å². The molecule has 0 aliphatic rings. The van der Waals surface area contributed by atoms with Crippen LogP contribution in [-0.4, -0.2) is 15.3 Å². The number of carbonyl (C=O) groups excluding carboxylic acids is 1. The second kappa shape index (κ2) is 3.05. The third kappa shape index (κ3) is 1.80. The third-order valence-electron chi connectivity index (χ3n) is 1.42. The fourth-order valence-electron chi connectivity index (χ4n) is 0.860. The first kappa shape index (κ1) is 8.27. The molecule has 0 saturated heterocycles. The minimum atomic E-state index is 0.0931. The number of halogens is 1. The molecule has 0 radical (unpaired) electrons. The predicted molar refractivity (Wildman–Crippen MR) is 42.6 cm³/mol. The summed E-state index contributed by atoms with van der Waals surface area (Å²) in [4.78, 5) is 14.6. The summed E-state index contributed by atoms with van der Waals surface area (Å²) in [6.07, 6.45) is 1.95. The van der Waals surface area contributed by atoms with E-state index in [0.29, 0.717) is 11.6 Å². The van der Waals surface area contributed by atoms with Gasteiger partial charge in [-0.3, -0.25) is 4.79 Å². The van der Waals surface area contributed by atoms with Gasteiger partial charge in [0.1, 0.15) is 5.78 Å². The standard InChI is InChI=1S/C7H9ClN2O/c1-5(11)3-6-7(8)9-4-10(6)2/h4H,3H2,1-2H3. The SMILES string of the molecule is CC(=O)Cc1c(Cl)ncn1C. The molecular weight excluding hydrogens is 164 g/mol. The van der Waals surface area contributed by atoms with Crippen LogP contribution >= 0.6 is 11.6 Å². The number of Topliss-reactive ketones (excluding diaryl/α,β-unsaturated/α-hetero) is 1. The summed E-state index contributed by atoms with van der Waals surface area (Å²) in [5.41, 5.74) is 0.777. The van der Waals surface area contributed by atoms with Gasteiger partial charge in [0.05, 0.1) is 12.0 Å². The molecular formula is C7H9ClN2O. The number of ketones is 1. The van der Waals surface area contributed by atoms with Crippen molar-refractivity contribution in [2.24, 2.45) is 7.05 Å². The van der Waals surface area contributed by atoms with Gasteiger partial charge in [0, 0.05) is 13.5 Å². The highest BCUT2D eigenvalue weighted by atomic mass is 35.5. The van der Waals surface area contributed by atoms with Crippen LogP contribution in [0.3, 0.4) is 0 Å². The van der Waals surface area contributed by atoms with E-state index in [1.54, 1.807) is 10.9 Å². The smallest absolute Gasteiger partial charge is 0.150 e. The van der Waals surface area contributed by atoms with Crippen molar-refractivity contribution >= 4 is 17.4 Å². The Kier molecular flexibility index (Phi) is 2.29. The van der Waals surface area contributed by atoms with Crippen LogP contribution in [-0.2, 0) is 18.3 Å². The van der Waals surface area contributed by atoms with Gasteiger partial charge in [-0.05, 0) is 6.92 Å². The van der Waals surface area contributed by atoms with Gasteiger partial charge in [-0.25, -0.2) is 4.98 Å². The highest BCUT2D eigenvalue weighted by Gasteiger charge is 2.07. The second-order valence-electron chi connectivity index (χ2n) is 2.47. The Hall–Kier alpha value is -0.830. The Bertz CT molecular complexity index is 260. The first-order valence-electron chi connectivity index (χ1n) is 3.26. The highest BCUT2D eigenvalue weighted by molar-refractivity contribution is 6.30. The van der Waals surface area contributed by atoms with E-state index in [-0.39, 0.29) is 5.78 Å². The molecule has 0 saturated carbocycles. The van der Waals surface area contributed by atoms with Crippen molar-refractivity contribution in [3.05, 3.63) is 17.2 Å². The van der Waals surface area contributed by atoms with Crippen molar-refractivity contribution in [2.45, 2.75) is 13.3 Å². The Morgan fingerprint density at radius 3 is 2.82 bits per heavy atom. The Morgan fingerprint density at radius 2 is 2.45 bits per heavy atom. The summed E-state index contributed by atoms with van der Waals surface area (Å²) < 4.78 is 1.75. The third-order valence-corrected chi connectivity index (χ3v) is 1.74. The maximum absolute atomic E-state index is 10.7. The lowest BCUT2D eigenvalue weighted by Gasteiger charge is -1.97. The van der Waals surface area contributed by atoms with Crippen LogP contribution in [0.4, 0.5) is 0 Å². The van der Waals surface area contributed by atoms with Crippen molar-refractivity contribution in [1.82, 2.24) is 9.55 Å². The molecule has 0 fully saturated rings. The van der Waals surface area contributed by atoms with Crippen LogP contribution in [0.5, 0.6) is 0 Å². The van der Waals surface area contributed by atoms with E-state index in [0.717, 1.165) is 5.69 Å². The van der Waals surface area contributed by atoms with Crippen molar-refractivity contribution < 1.29 is 4.79 Å². The maximum Gasteiger partial charge on any atom is 0.150 e. The molecule has 1 heterocycles. The number of aromatic nitrogens is 2. The molecule has 0 aliphatic heterocycles. The summed E-state index contributed by atoms with van der Waals surface area (Å²) in [6.45, 7) is 1.53. The van der Waals surface area contributed by atoms with Crippen molar-refractivity contribution in [3.8, 4) is 0 Å². The van der Waals surface area contributed by atoms with Gasteiger partial charge in [0.25, 0.3) is 0 Å². The summed E-state index contributed by atoms with van der Waals surface area (Å²) in [5, 5.41) is 0.419. The minimum absolute atomic E-state index is 0.0931. The van der Waals surface area contributed by atoms with Gasteiger partial charge in [0.15, 0.2) is 5.15 Å². The van der Waals surface area contributed by atoms with E-state index in [4.69, 9.17) is 11.6 Å². The predicted octanol–water partition coefficient (Wildman–Crippen LogP) is 1.20. The lowest BCUT2D eigenvalue weighted by Crippen LogP contribution is -2.02. The van der Waals surface area contributed by atoms with E-state index < -0.39 is 0 Å². The highest BCUT2D eigenvalue weighted by Crippen LogP contribution is 2.12. The summed E-state index contributed by atoms with van der Waals surface area (Å²) in [7, 11) is 1.82. The average molecular weight is 173 g/mol. The molecule has 0 amide bonds. The number of nitrogens with zero attached hydrogens (tertiary/aromatic N) is 2. The molecule has 11 heavy (non-hydrogen) atoms. The molecule has 0 N–H and O–H groups in total. The molecule has 0 bridgehead atoms. The summed E-state index contributed by atoms with van der Waals surface area (Å²) >= 11 is 5.70. The van der Waals surface area contributed by atoms with Crippen LogP contribution in [0.1, 0.15) is 12.6 Å². The minimum Gasteiger partial charge on any atom is -0.336 e. The Morgan fingerprint density at radius 1 is 1.82 bits per heavy atom. The lowest BCUT2D eigenvalue weighted by atomic mass is 10.2. The topological polar surface area (TPSA) is 34.9 Å². The number of imidazole rings is 1. The van der Waals surface area contributed by atoms with E-state index in [2.05, 4.69) is 4.98 Å². The first-order valence-corrected chi connectivity index (χ1v) is 3.64. The van der Waals surface area contributed by atoms with Crippen LogP contribution in [0.2, 0.25) is 5.15 Å². The molecule has 0 aliphatic carbocycles. The Balaban J connectivity index is 2.92. The van der Waals surface area contributed by atoms with Crippen LogP contribution in [0.15, 0.2) is 6.33 Å². The van der Waals surface area contributed by atoms with Gasteiger partial charge < -0.3 is 4.57 Å². The quantitative estimate of drug-likeness (QED) is 0.672. The number of carbonyl (C=O) groups is 1. The number of hydrogen-bond acceptors (Lipinski definition) is 2. The molecule has 0 spiro atoms. The maximum atomic E-state index is 10.7. The zero-order chi connectivity index (χ0) is 8.43.